The average molecular weight is 366 g/mol. The highest BCUT2D eigenvalue weighted by molar-refractivity contribution is 7.99. The summed E-state index contributed by atoms with van der Waals surface area (Å²) in [6.45, 7) is 6.54. The summed E-state index contributed by atoms with van der Waals surface area (Å²) in [6.07, 6.45) is 4.62. The molecule has 0 unspecified atom stereocenters. The number of ether oxygens (including phenoxy) is 1. The Hall–Kier alpha value is -1.12. The van der Waals surface area contributed by atoms with Crippen molar-refractivity contribution in [1.82, 2.24) is 20.0 Å². The molecule has 1 amide bonds. The van der Waals surface area contributed by atoms with Crippen molar-refractivity contribution in [3.63, 3.8) is 0 Å². The van der Waals surface area contributed by atoms with Crippen molar-refractivity contribution in [2.75, 3.05) is 38.6 Å². The zero-order chi connectivity index (χ0) is 17.2. The van der Waals surface area contributed by atoms with Gasteiger partial charge in [-0.1, -0.05) is 11.8 Å². The molecular weight excluding hydrogens is 340 g/mol. The normalized spacial score (nSPS) is 28.3. The summed E-state index contributed by atoms with van der Waals surface area (Å²) >= 11 is 1.34. The van der Waals surface area contributed by atoms with Gasteiger partial charge in [0.25, 0.3) is 5.22 Å². The van der Waals surface area contributed by atoms with Gasteiger partial charge in [0.05, 0.1) is 5.75 Å². The van der Waals surface area contributed by atoms with Crippen molar-refractivity contribution in [2.24, 2.45) is 5.92 Å². The van der Waals surface area contributed by atoms with E-state index >= 15 is 0 Å². The van der Waals surface area contributed by atoms with Crippen LogP contribution in [0.3, 0.4) is 0 Å². The van der Waals surface area contributed by atoms with E-state index in [1.165, 1.54) is 18.2 Å². The van der Waals surface area contributed by atoms with Crippen LogP contribution < -0.4 is 0 Å². The Labute approximate surface area is 152 Å². The Bertz CT molecular complexity index is 604. The standard InChI is InChI=1S/C17H26N4O3S/c1-12-18-19-17(24-12)25-11-16(22)21-9-13-2-3-15(21)10-20(8-13)14-4-6-23-7-5-14/h13-15H,2-11H2,1H3/t13-,15+/m0/s1. The fraction of sp³-hybridized carbons (Fsp3) is 0.824. The second-order valence-electron chi connectivity index (χ2n) is 7.32. The van der Waals surface area contributed by atoms with Crippen molar-refractivity contribution in [3.05, 3.63) is 5.89 Å². The summed E-state index contributed by atoms with van der Waals surface area (Å²) in [7, 11) is 0. The van der Waals surface area contributed by atoms with Crippen LogP contribution in [0.5, 0.6) is 0 Å². The van der Waals surface area contributed by atoms with E-state index in [4.69, 9.17) is 9.15 Å². The van der Waals surface area contributed by atoms with Crippen molar-refractivity contribution < 1.29 is 13.9 Å². The van der Waals surface area contributed by atoms with E-state index in [0.717, 1.165) is 52.1 Å². The Morgan fingerprint density at radius 1 is 1.12 bits per heavy atom. The van der Waals surface area contributed by atoms with Crippen molar-refractivity contribution in [1.29, 1.82) is 0 Å². The van der Waals surface area contributed by atoms with E-state index in [0.29, 0.717) is 34.9 Å². The Balaban J connectivity index is 1.37. The fourth-order valence-corrected chi connectivity index (χ4v) is 5.01. The van der Waals surface area contributed by atoms with Gasteiger partial charge in [0.15, 0.2) is 0 Å². The molecule has 2 atom stereocenters. The van der Waals surface area contributed by atoms with Crippen LogP contribution >= 0.6 is 11.8 Å². The topological polar surface area (TPSA) is 71.7 Å². The molecule has 138 valence electrons. The first kappa shape index (κ1) is 17.3. The minimum atomic E-state index is 0.199. The van der Waals surface area contributed by atoms with Crippen molar-refractivity contribution in [2.45, 2.75) is 49.9 Å². The predicted octanol–water partition coefficient (Wildman–Crippen LogP) is 1.57. The fourth-order valence-electron chi connectivity index (χ4n) is 4.32. The number of thioether (sulfide) groups is 1. The number of piperidine rings is 1. The summed E-state index contributed by atoms with van der Waals surface area (Å²) < 4.78 is 10.9. The Morgan fingerprint density at radius 3 is 2.72 bits per heavy atom. The first-order chi connectivity index (χ1) is 12.2. The van der Waals surface area contributed by atoms with Crippen molar-refractivity contribution >= 4 is 17.7 Å². The third-order valence-electron chi connectivity index (χ3n) is 5.60. The number of carbonyl (C=O) groups is 1. The zero-order valence-corrected chi connectivity index (χ0v) is 15.5. The molecule has 5 heterocycles. The molecule has 0 saturated carbocycles. The molecule has 4 saturated heterocycles. The summed E-state index contributed by atoms with van der Waals surface area (Å²) in [4.78, 5) is 17.5. The third kappa shape index (κ3) is 4.01. The molecule has 4 aliphatic rings. The smallest absolute Gasteiger partial charge is 0.277 e. The Kier molecular flexibility index (Phi) is 5.28. The maximum Gasteiger partial charge on any atom is 0.277 e. The van der Waals surface area contributed by atoms with Gasteiger partial charge in [0.2, 0.25) is 11.8 Å². The molecule has 1 aromatic heterocycles. The van der Waals surface area contributed by atoms with Crippen LogP contribution in [0.4, 0.5) is 0 Å². The molecule has 0 N–H and O–H groups in total. The number of carbonyl (C=O) groups excluding carboxylic acids is 1. The minimum absolute atomic E-state index is 0.199. The molecule has 2 bridgehead atoms. The lowest BCUT2D eigenvalue weighted by Gasteiger charge is -2.37. The molecule has 4 fully saturated rings. The molecule has 4 aliphatic heterocycles. The molecule has 1 aromatic rings. The van der Waals surface area contributed by atoms with Gasteiger partial charge in [-0.05, 0) is 31.6 Å². The van der Waals surface area contributed by atoms with E-state index in [2.05, 4.69) is 20.0 Å². The van der Waals surface area contributed by atoms with Gasteiger partial charge in [-0.3, -0.25) is 9.69 Å². The molecule has 0 spiro atoms. The quantitative estimate of drug-likeness (QED) is 0.749. The number of amides is 1. The number of aromatic nitrogens is 2. The highest BCUT2D eigenvalue weighted by Gasteiger charge is 2.39. The Morgan fingerprint density at radius 2 is 1.96 bits per heavy atom. The highest BCUT2D eigenvalue weighted by atomic mass is 32.2. The lowest BCUT2D eigenvalue weighted by molar-refractivity contribution is -0.132. The number of hydrogen-bond donors (Lipinski definition) is 0. The summed E-state index contributed by atoms with van der Waals surface area (Å²) in [5.74, 6) is 1.71. The lowest BCUT2D eigenvalue weighted by Crippen LogP contribution is -2.49. The molecular formula is C17H26N4O3S. The number of hydrogen-bond acceptors (Lipinski definition) is 7. The van der Waals surface area contributed by atoms with Gasteiger partial charge in [-0.25, -0.2) is 0 Å². The second kappa shape index (κ2) is 7.63. The van der Waals surface area contributed by atoms with E-state index in [1.54, 1.807) is 6.92 Å². The number of nitrogens with zero attached hydrogens (tertiary/aromatic N) is 4. The van der Waals surface area contributed by atoms with Crippen LogP contribution in [-0.2, 0) is 9.53 Å². The van der Waals surface area contributed by atoms with E-state index in [-0.39, 0.29) is 5.91 Å². The van der Waals surface area contributed by atoms with Gasteiger partial charge in [-0.2, -0.15) is 0 Å². The van der Waals surface area contributed by atoms with Gasteiger partial charge in [-0.15, -0.1) is 10.2 Å². The highest BCUT2D eigenvalue weighted by Crippen LogP contribution is 2.31. The molecule has 8 heteroatoms. The lowest BCUT2D eigenvalue weighted by atomic mass is 9.95. The van der Waals surface area contributed by atoms with Crippen LogP contribution in [0, 0.1) is 12.8 Å². The van der Waals surface area contributed by atoms with Crippen LogP contribution in [-0.4, -0.2) is 76.6 Å². The summed E-state index contributed by atoms with van der Waals surface area (Å²) in [5, 5.41) is 8.25. The maximum atomic E-state index is 12.8. The third-order valence-corrected chi connectivity index (χ3v) is 6.40. The maximum absolute atomic E-state index is 12.8. The van der Waals surface area contributed by atoms with E-state index in [1.807, 2.05) is 0 Å². The van der Waals surface area contributed by atoms with E-state index < -0.39 is 0 Å². The van der Waals surface area contributed by atoms with Gasteiger partial charge in [0.1, 0.15) is 0 Å². The zero-order valence-electron chi connectivity index (χ0n) is 14.7. The van der Waals surface area contributed by atoms with Crippen LogP contribution in [0.15, 0.2) is 9.64 Å². The monoisotopic (exact) mass is 366 g/mol. The molecule has 0 aliphatic carbocycles. The van der Waals surface area contributed by atoms with Crippen LogP contribution in [0.1, 0.15) is 31.6 Å². The second-order valence-corrected chi connectivity index (χ2v) is 8.24. The van der Waals surface area contributed by atoms with Gasteiger partial charge in [0, 0.05) is 51.9 Å². The van der Waals surface area contributed by atoms with Crippen LogP contribution in [0.25, 0.3) is 0 Å². The van der Waals surface area contributed by atoms with Crippen LogP contribution in [0.2, 0.25) is 0 Å². The largest absolute Gasteiger partial charge is 0.416 e. The first-order valence-corrected chi connectivity index (χ1v) is 10.2. The summed E-state index contributed by atoms with van der Waals surface area (Å²) in [6, 6.07) is 0.974. The molecule has 0 aromatic carbocycles. The molecule has 5 rings (SSSR count). The average Bonchev–Trinajstić information content (AvgIpc) is 2.85. The summed E-state index contributed by atoms with van der Waals surface area (Å²) in [5.41, 5.74) is 0. The molecule has 25 heavy (non-hydrogen) atoms. The van der Waals surface area contributed by atoms with Gasteiger partial charge < -0.3 is 14.1 Å². The number of fused-ring (bicyclic) bond motifs is 4. The SMILES string of the molecule is Cc1nnc(SCC(=O)N2C[C@H]3CC[C@@H]2CN(C2CCOCC2)C3)o1. The minimum Gasteiger partial charge on any atom is -0.416 e. The van der Waals surface area contributed by atoms with E-state index in [9.17, 15) is 4.79 Å². The number of rotatable bonds is 4. The van der Waals surface area contributed by atoms with Crippen molar-refractivity contribution in [3.8, 4) is 0 Å². The molecule has 7 nitrogen and oxygen atoms in total. The van der Waals surface area contributed by atoms with Gasteiger partial charge >= 0.3 is 0 Å². The first-order valence-electron chi connectivity index (χ1n) is 9.23. The predicted molar refractivity (Wildman–Crippen MR) is 93.4 cm³/mol. The number of aryl methyl sites for hydroxylation is 1. The molecule has 0 radical (unpaired) electrons.